The van der Waals surface area contributed by atoms with Gasteiger partial charge in [0.25, 0.3) is 0 Å². The van der Waals surface area contributed by atoms with Crippen LogP contribution in [0, 0.1) is 28.1 Å². The molecule has 12 atom stereocenters. The van der Waals surface area contributed by atoms with Crippen LogP contribution in [0.3, 0.4) is 0 Å². The molecule has 0 aromatic carbocycles. The van der Waals surface area contributed by atoms with Gasteiger partial charge in [-0.05, 0) is 31.6 Å². The van der Waals surface area contributed by atoms with Gasteiger partial charge >= 0.3 is 23.9 Å². The van der Waals surface area contributed by atoms with Gasteiger partial charge in [-0.3, -0.25) is 9.59 Å². The first-order valence-corrected chi connectivity index (χ1v) is 11.8. The van der Waals surface area contributed by atoms with E-state index in [0.717, 1.165) is 0 Å². The van der Waals surface area contributed by atoms with E-state index in [-0.39, 0.29) is 6.42 Å². The Balaban J connectivity index is 1.67. The van der Waals surface area contributed by atoms with Crippen molar-refractivity contribution >= 4 is 23.9 Å². The van der Waals surface area contributed by atoms with Crippen molar-refractivity contribution in [2.24, 2.45) is 33.8 Å². The summed E-state index contributed by atoms with van der Waals surface area (Å²) in [6, 6.07) is -1.08. The van der Waals surface area contributed by atoms with Crippen LogP contribution in [0.1, 0.15) is 41.0 Å². The highest BCUT2D eigenvalue weighted by Crippen LogP contribution is 2.84. The minimum absolute atomic E-state index is 0.169. The monoisotopic (exact) mass is 495 g/mol. The largest absolute Gasteiger partial charge is 0.459 e. The van der Waals surface area contributed by atoms with Gasteiger partial charge in [0.15, 0.2) is 11.7 Å². The van der Waals surface area contributed by atoms with E-state index in [0.29, 0.717) is 0 Å². The molecule has 35 heavy (non-hydrogen) atoms. The van der Waals surface area contributed by atoms with Crippen molar-refractivity contribution in [2.45, 2.75) is 89.0 Å². The number of hydrogen-bond donors (Lipinski definition) is 3. The van der Waals surface area contributed by atoms with E-state index in [1.807, 2.05) is 20.8 Å². The van der Waals surface area contributed by atoms with Gasteiger partial charge in [0.2, 0.25) is 18.0 Å². The maximum absolute atomic E-state index is 13.6. The zero-order chi connectivity index (χ0) is 25.7. The lowest BCUT2D eigenvalue weighted by atomic mass is 9.51. The Hall–Kier alpha value is -2.28. The molecule has 2 aliphatic carbocycles. The molecule has 4 heterocycles. The summed E-state index contributed by atoms with van der Waals surface area (Å²) in [5.41, 5.74) is -2.96. The number of rotatable bonds is 2. The second kappa shape index (κ2) is 6.16. The van der Waals surface area contributed by atoms with Gasteiger partial charge in [-0.25, -0.2) is 9.59 Å². The van der Waals surface area contributed by atoms with Crippen molar-refractivity contribution in [3.8, 4) is 0 Å². The molecule has 12 nitrogen and oxygen atoms in total. The second-order valence-electron chi connectivity index (χ2n) is 11.9. The highest BCUT2D eigenvalue weighted by atomic mass is 16.8. The van der Waals surface area contributed by atoms with Crippen LogP contribution in [0.5, 0.6) is 0 Å². The Morgan fingerprint density at radius 2 is 1.83 bits per heavy atom. The number of carbonyl (C=O) groups excluding carboxylic acids is 4. The third-order valence-corrected chi connectivity index (χ3v) is 9.57. The van der Waals surface area contributed by atoms with Crippen molar-refractivity contribution in [3.05, 3.63) is 0 Å². The summed E-state index contributed by atoms with van der Waals surface area (Å²) < 4.78 is 28.7. The standard InChI is InChI=1S/C23H29NO11/c1-7-14(26)32-12-11(25)21-10-6-9(19(3,4)5)20(21)13(33-15(27)8(2)24)16(28)34-18(20)35-23(21,17(29)31-10)22(7,12)30/h7-13,18,25,30H,6,24H2,1-5H3/t7-,8?,9?,10?,11+,12?,13+,18?,20?,21?,22-,23?/m1/s1. The smallest absolute Gasteiger partial charge is 0.350 e. The molecule has 6 aliphatic rings. The SMILES string of the molecule is CC(N)C(=O)O[C@H]1C(=O)OC2OC34C(=O)OC5CC(C(C)(C)C)C21C53[C@@H](O)C1OC(=O)[C@@H](C)[C@@]14O. The van der Waals surface area contributed by atoms with Crippen LogP contribution in [-0.2, 0) is 42.9 Å². The van der Waals surface area contributed by atoms with Crippen LogP contribution < -0.4 is 5.73 Å². The van der Waals surface area contributed by atoms with Crippen molar-refractivity contribution in [3.63, 3.8) is 0 Å². The van der Waals surface area contributed by atoms with Crippen LogP contribution in [0.15, 0.2) is 0 Å². The number of aliphatic hydroxyl groups excluding tert-OH is 1. The summed E-state index contributed by atoms with van der Waals surface area (Å²) in [6.07, 6.45) is -7.17. The Bertz CT molecular complexity index is 1080. The van der Waals surface area contributed by atoms with Gasteiger partial charge < -0.3 is 39.6 Å². The van der Waals surface area contributed by atoms with Gasteiger partial charge in [-0.1, -0.05) is 20.8 Å². The molecule has 2 saturated carbocycles. The molecule has 192 valence electrons. The molecule has 6 rings (SSSR count). The van der Waals surface area contributed by atoms with E-state index in [4.69, 9.17) is 29.4 Å². The van der Waals surface area contributed by atoms with Gasteiger partial charge in [0, 0.05) is 0 Å². The van der Waals surface area contributed by atoms with Crippen LogP contribution in [0.4, 0.5) is 0 Å². The van der Waals surface area contributed by atoms with E-state index in [1.165, 1.54) is 13.8 Å². The fourth-order valence-corrected chi connectivity index (χ4v) is 8.46. The maximum Gasteiger partial charge on any atom is 0.350 e. The van der Waals surface area contributed by atoms with Gasteiger partial charge in [-0.15, -0.1) is 0 Å². The number of esters is 4. The van der Waals surface area contributed by atoms with Crippen LogP contribution in [-0.4, -0.2) is 82.0 Å². The van der Waals surface area contributed by atoms with E-state index >= 15 is 0 Å². The van der Waals surface area contributed by atoms with E-state index in [9.17, 15) is 29.4 Å². The summed E-state index contributed by atoms with van der Waals surface area (Å²) in [5, 5.41) is 24.0. The second-order valence-corrected chi connectivity index (χ2v) is 11.9. The van der Waals surface area contributed by atoms with Crippen LogP contribution >= 0.6 is 0 Å². The molecule has 0 aromatic rings. The normalized spacial score (nSPS) is 53.9. The first kappa shape index (κ1) is 23.1. The minimum atomic E-state index is -2.32. The average molecular weight is 495 g/mol. The predicted molar refractivity (Wildman–Crippen MR) is 110 cm³/mol. The molecule has 4 saturated heterocycles. The van der Waals surface area contributed by atoms with Crippen LogP contribution in [0.2, 0.25) is 0 Å². The molecule has 0 aromatic heterocycles. The molecule has 4 aliphatic heterocycles. The summed E-state index contributed by atoms with van der Waals surface area (Å²) in [7, 11) is 0. The Morgan fingerprint density at radius 1 is 1.17 bits per heavy atom. The Labute approximate surface area is 200 Å². The minimum Gasteiger partial charge on any atom is -0.459 e. The third-order valence-electron chi connectivity index (χ3n) is 9.57. The summed E-state index contributed by atoms with van der Waals surface area (Å²) in [5.74, 6) is -5.41. The Kier molecular flexibility index (Phi) is 4.07. The molecular weight excluding hydrogens is 466 g/mol. The summed E-state index contributed by atoms with van der Waals surface area (Å²) in [6.45, 7) is 8.47. The van der Waals surface area contributed by atoms with Gasteiger partial charge in [0.1, 0.15) is 18.2 Å². The molecule has 0 amide bonds. The first-order valence-electron chi connectivity index (χ1n) is 11.8. The highest BCUT2D eigenvalue weighted by molar-refractivity contribution is 5.94. The lowest BCUT2D eigenvalue weighted by Gasteiger charge is -2.48. The van der Waals surface area contributed by atoms with Gasteiger partial charge in [0.05, 0.1) is 16.7 Å². The van der Waals surface area contributed by atoms with Crippen molar-refractivity contribution in [2.75, 3.05) is 0 Å². The fraction of sp³-hybridized carbons (Fsp3) is 0.826. The summed E-state index contributed by atoms with van der Waals surface area (Å²) >= 11 is 0. The average Bonchev–Trinajstić information content (AvgIpc) is 3.46. The molecule has 4 N–H and O–H groups in total. The van der Waals surface area contributed by atoms with Crippen LogP contribution in [0.25, 0.3) is 0 Å². The fourth-order valence-electron chi connectivity index (χ4n) is 8.46. The molecule has 2 spiro atoms. The predicted octanol–water partition coefficient (Wildman–Crippen LogP) is -1.47. The lowest BCUT2D eigenvalue weighted by molar-refractivity contribution is -0.240. The zero-order valence-electron chi connectivity index (χ0n) is 20.0. The molecule has 6 fully saturated rings. The number of fused-ring (bicyclic) bond motifs is 1. The van der Waals surface area contributed by atoms with Crippen molar-refractivity contribution < 1.29 is 53.1 Å². The molecule has 0 radical (unpaired) electrons. The van der Waals surface area contributed by atoms with E-state index < -0.39 is 99.9 Å². The lowest BCUT2D eigenvalue weighted by Crippen LogP contribution is -2.67. The molecule has 8 unspecified atom stereocenters. The molecule has 12 heteroatoms. The molecule has 0 bridgehead atoms. The van der Waals surface area contributed by atoms with Crippen molar-refractivity contribution in [1.29, 1.82) is 0 Å². The quantitative estimate of drug-likeness (QED) is 0.299. The highest BCUT2D eigenvalue weighted by Gasteiger charge is 3.04. The van der Waals surface area contributed by atoms with Gasteiger partial charge in [-0.2, -0.15) is 0 Å². The number of ether oxygens (including phenoxy) is 5. The van der Waals surface area contributed by atoms with E-state index in [2.05, 4.69) is 0 Å². The molecular formula is C23H29NO11. The first-order chi connectivity index (χ1) is 16.1. The Morgan fingerprint density at radius 3 is 2.43 bits per heavy atom. The van der Waals surface area contributed by atoms with E-state index in [1.54, 1.807) is 0 Å². The number of aliphatic hydroxyl groups is 2. The zero-order valence-corrected chi connectivity index (χ0v) is 20.0. The third kappa shape index (κ3) is 1.95. The number of carbonyl (C=O) groups is 4. The van der Waals surface area contributed by atoms with Crippen molar-refractivity contribution in [1.82, 2.24) is 0 Å². The number of nitrogens with two attached hydrogens (primary N) is 1. The number of hydrogen-bond acceptors (Lipinski definition) is 12. The topological polar surface area (TPSA) is 181 Å². The summed E-state index contributed by atoms with van der Waals surface area (Å²) in [4.78, 5) is 52.1. The maximum atomic E-state index is 13.6.